The van der Waals surface area contributed by atoms with Crippen molar-refractivity contribution < 1.29 is 69.4 Å². The van der Waals surface area contributed by atoms with Crippen LogP contribution in [0.5, 0.6) is 0 Å². The first-order valence-electron chi connectivity index (χ1n) is 18.1. The van der Waals surface area contributed by atoms with Crippen molar-refractivity contribution >= 4 is 40.5 Å². The zero-order valence-electron chi connectivity index (χ0n) is 32.4. The normalized spacial score (nSPS) is 12.5. The van der Waals surface area contributed by atoms with Crippen LogP contribution in [-0.4, -0.2) is 141 Å². The van der Waals surface area contributed by atoms with Gasteiger partial charge in [-0.15, -0.1) is 0 Å². The van der Waals surface area contributed by atoms with E-state index in [-0.39, 0.29) is 117 Å². The van der Waals surface area contributed by atoms with Crippen molar-refractivity contribution in [2.45, 2.75) is 66.3 Å². The molecule has 0 saturated heterocycles. The first-order chi connectivity index (χ1) is 25.2. The number of nitrogens with one attached hydrogen (secondary N) is 3. The van der Waals surface area contributed by atoms with Crippen molar-refractivity contribution in [2.24, 2.45) is 5.73 Å². The van der Waals surface area contributed by atoms with E-state index < -0.39 is 46.0 Å². The molecule has 0 aliphatic carbocycles. The highest BCUT2D eigenvalue weighted by atomic mass is 31.2. The highest BCUT2D eigenvalue weighted by Gasteiger charge is 2.30. The number of nitrogens with two attached hydrogens (primary N) is 1. The maximum Gasteiger partial charge on any atom is 0.340 e. The van der Waals surface area contributed by atoms with Gasteiger partial charge in [0.2, 0.25) is 17.7 Å². The van der Waals surface area contributed by atoms with E-state index in [1.165, 1.54) is 0 Å². The van der Waals surface area contributed by atoms with Crippen molar-refractivity contribution in [2.75, 3.05) is 117 Å². The summed E-state index contributed by atoms with van der Waals surface area (Å²) in [6.07, 6.45) is 0.172. The molecule has 0 aromatic heterocycles. The average molecular weight is 827 g/mol. The van der Waals surface area contributed by atoms with Gasteiger partial charge in [-0.25, -0.2) is 0 Å². The van der Waals surface area contributed by atoms with Crippen molar-refractivity contribution in [3.63, 3.8) is 0 Å². The van der Waals surface area contributed by atoms with Crippen molar-refractivity contribution in [3.05, 3.63) is 0 Å². The Hall–Kier alpha value is -1.30. The predicted molar refractivity (Wildman–Crippen MR) is 199 cm³/mol. The molecule has 0 atom stereocenters. The second-order valence-electron chi connectivity index (χ2n) is 11.4. The van der Waals surface area contributed by atoms with Gasteiger partial charge in [0.15, 0.2) is 0 Å². The first-order valence-corrected chi connectivity index (χ1v) is 23.3. The molecule has 0 aromatic carbocycles. The molecule has 3 amide bonds. The van der Waals surface area contributed by atoms with Gasteiger partial charge in [-0.1, -0.05) is 0 Å². The fraction of sp³-hybridized carbons (Fsp3) is 0.903. The summed E-state index contributed by atoms with van der Waals surface area (Å²) in [6.45, 7) is 12.6. The van der Waals surface area contributed by atoms with Crippen LogP contribution in [0.4, 0.5) is 0 Å². The number of rotatable bonds is 36. The van der Waals surface area contributed by atoms with Crippen LogP contribution in [-0.2, 0) is 69.4 Å². The lowest BCUT2D eigenvalue weighted by atomic mass is 10.1. The Morgan fingerprint density at radius 2 is 0.698 bits per heavy atom. The minimum Gasteiger partial charge on any atom is -0.379 e. The molecular weight excluding hydrogens is 761 g/mol. The molecule has 0 aliphatic heterocycles. The van der Waals surface area contributed by atoms with Gasteiger partial charge in [-0.3, -0.25) is 28.1 Å². The second kappa shape index (κ2) is 29.9. The topological polar surface area (TPSA) is 248 Å². The molecule has 0 unspecified atom stereocenters. The van der Waals surface area contributed by atoms with Gasteiger partial charge in [0.1, 0.15) is 18.5 Å². The molecule has 0 aromatic rings. The fourth-order valence-electron chi connectivity index (χ4n) is 4.42. The molecule has 314 valence electrons. The summed E-state index contributed by atoms with van der Waals surface area (Å²) in [5.74, 6) is -1.40. The van der Waals surface area contributed by atoms with Gasteiger partial charge in [0.05, 0.1) is 65.0 Å². The van der Waals surface area contributed by atoms with Crippen LogP contribution < -0.4 is 21.7 Å². The molecule has 0 saturated carbocycles. The number of carbonyl (C=O) groups excluding carboxylic acids is 3. The number of carbonyl (C=O) groups is 3. The lowest BCUT2D eigenvalue weighted by Crippen LogP contribution is -2.53. The third-order valence-corrected chi connectivity index (χ3v) is 12.4. The molecule has 0 spiro atoms. The van der Waals surface area contributed by atoms with Crippen molar-refractivity contribution in [3.8, 4) is 0 Å². The Balaban J connectivity index is 4.88. The minimum atomic E-state index is -3.51. The van der Waals surface area contributed by atoms with Gasteiger partial charge in [-0.2, -0.15) is 0 Å². The molecule has 0 radical (unpaired) electrons. The van der Waals surface area contributed by atoms with E-state index in [4.69, 9.17) is 47.1 Å². The molecule has 0 rings (SSSR count). The Labute approximate surface area is 315 Å². The molecule has 0 fully saturated rings. The SMILES string of the molecule is CCOP(=O)(CC(=O)NCCCOCC(N)(COCCCNC(=O)CP(=O)(OCC)OCC)COCCCNC(=O)CP(=O)(OCC)OCC)OCC. The van der Waals surface area contributed by atoms with E-state index in [2.05, 4.69) is 16.0 Å². The Morgan fingerprint density at radius 1 is 0.472 bits per heavy atom. The summed E-state index contributed by atoms with van der Waals surface area (Å²) in [5, 5.41) is 8.03. The van der Waals surface area contributed by atoms with Crippen LogP contribution >= 0.6 is 22.8 Å². The summed E-state index contributed by atoms with van der Waals surface area (Å²) in [5.41, 5.74) is 5.54. The van der Waals surface area contributed by atoms with Crippen LogP contribution in [0.25, 0.3) is 0 Å². The highest BCUT2D eigenvalue weighted by Crippen LogP contribution is 2.48. The number of hydrogen-bond donors (Lipinski definition) is 4. The molecule has 22 heteroatoms. The van der Waals surface area contributed by atoms with E-state index in [9.17, 15) is 28.1 Å². The largest absolute Gasteiger partial charge is 0.379 e. The van der Waals surface area contributed by atoms with E-state index in [1.54, 1.807) is 41.5 Å². The van der Waals surface area contributed by atoms with Gasteiger partial charge in [0.25, 0.3) is 0 Å². The second-order valence-corrected chi connectivity index (χ2v) is 17.6. The van der Waals surface area contributed by atoms with Crippen LogP contribution in [0.15, 0.2) is 0 Å². The summed E-state index contributed by atoms with van der Waals surface area (Å²) in [6, 6.07) is 0. The van der Waals surface area contributed by atoms with Gasteiger partial charge in [-0.05, 0) is 60.8 Å². The van der Waals surface area contributed by atoms with Crippen LogP contribution in [0, 0.1) is 0 Å². The standard InChI is InChI=1S/C31H65N4O15P3/c1-7-45-51(39,46-8-2)22-28(36)33-16-13-19-42-25-31(32,26-43-20-14-17-34-29(37)23-52(40,47-9-3)48-10-4)27-44-21-15-18-35-30(38)24-53(41,49-11-5)50-12-6/h7-27,32H2,1-6H3,(H,33,36)(H,34,37)(H,35,38). The smallest absolute Gasteiger partial charge is 0.340 e. The predicted octanol–water partition coefficient (Wildman–Crippen LogP) is 3.05. The highest BCUT2D eigenvalue weighted by molar-refractivity contribution is 7.55. The third-order valence-electron chi connectivity index (χ3n) is 6.50. The van der Waals surface area contributed by atoms with E-state index in [0.29, 0.717) is 19.3 Å². The fourth-order valence-corrected chi connectivity index (χ4v) is 8.94. The molecular formula is C31H65N4O15P3. The average Bonchev–Trinajstić information content (AvgIpc) is 3.06. The van der Waals surface area contributed by atoms with Crippen molar-refractivity contribution in [1.29, 1.82) is 0 Å². The maximum atomic E-state index is 12.6. The van der Waals surface area contributed by atoms with Crippen molar-refractivity contribution in [1.82, 2.24) is 16.0 Å². The molecule has 0 heterocycles. The third kappa shape index (κ3) is 26.2. The molecule has 19 nitrogen and oxygen atoms in total. The van der Waals surface area contributed by atoms with Gasteiger partial charge < -0.3 is 63.0 Å². The Kier molecular flexibility index (Phi) is 29.2. The maximum absolute atomic E-state index is 12.6. The minimum absolute atomic E-state index is 0.0482. The first kappa shape index (κ1) is 51.7. The summed E-state index contributed by atoms with van der Waals surface area (Å²) < 4.78 is 86.0. The lowest BCUT2D eigenvalue weighted by Gasteiger charge is -2.29. The lowest BCUT2D eigenvalue weighted by molar-refractivity contribution is -0.119. The summed E-state index contributed by atoms with van der Waals surface area (Å²) >= 11 is 0. The Morgan fingerprint density at radius 3 is 0.906 bits per heavy atom. The molecule has 5 N–H and O–H groups in total. The molecule has 53 heavy (non-hydrogen) atoms. The number of amides is 3. The number of hydrogen-bond acceptors (Lipinski definition) is 16. The summed E-state index contributed by atoms with van der Waals surface area (Å²) in [7, 11) is -10.5. The van der Waals surface area contributed by atoms with Gasteiger partial charge >= 0.3 is 22.8 Å². The zero-order valence-corrected chi connectivity index (χ0v) is 35.1. The van der Waals surface area contributed by atoms with E-state index in [1.807, 2.05) is 0 Å². The zero-order chi connectivity index (χ0) is 40.1. The van der Waals surface area contributed by atoms with Gasteiger partial charge in [0, 0.05) is 39.5 Å². The monoisotopic (exact) mass is 826 g/mol. The van der Waals surface area contributed by atoms with Crippen LogP contribution in [0.3, 0.4) is 0 Å². The summed E-state index contributed by atoms with van der Waals surface area (Å²) in [4.78, 5) is 36.8. The quantitative estimate of drug-likeness (QED) is 0.0524. The van der Waals surface area contributed by atoms with Crippen LogP contribution in [0.1, 0.15) is 60.8 Å². The van der Waals surface area contributed by atoms with E-state index in [0.717, 1.165) is 0 Å². The molecule has 0 bridgehead atoms. The van der Waals surface area contributed by atoms with E-state index >= 15 is 0 Å². The molecule has 0 aliphatic rings. The number of ether oxygens (including phenoxy) is 3. The van der Waals surface area contributed by atoms with Crippen LogP contribution in [0.2, 0.25) is 0 Å². The Bertz CT molecular complexity index is 1000.